The fourth-order valence-electron chi connectivity index (χ4n) is 2.38. The molecule has 0 unspecified atom stereocenters. The highest BCUT2D eigenvalue weighted by atomic mass is 35.5. The van der Waals surface area contributed by atoms with Gasteiger partial charge in [0.25, 0.3) is 0 Å². The Morgan fingerprint density at radius 3 is 2.78 bits per heavy atom. The molecule has 3 nitrogen and oxygen atoms in total. The third kappa shape index (κ3) is 3.16. The van der Waals surface area contributed by atoms with Crippen LogP contribution in [0, 0.1) is 0 Å². The van der Waals surface area contributed by atoms with E-state index >= 15 is 0 Å². The number of hydrogen-bond donors (Lipinski definition) is 2. The third-order valence-electron chi connectivity index (χ3n) is 3.45. The van der Waals surface area contributed by atoms with Crippen LogP contribution in [0.2, 0.25) is 5.02 Å². The lowest BCUT2D eigenvalue weighted by molar-refractivity contribution is 0.145. The molecular weight excluding hydrogens is 248 g/mol. The summed E-state index contributed by atoms with van der Waals surface area (Å²) in [5, 5.41) is 13.7. The van der Waals surface area contributed by atoms with Gasteiger partial charge in [0.2, 0.25) is 0 Å². The number of aliphatic hydroxyl groups is 1. The second kappa shape index (κ2) is 6.41. The summed E-state index contributed by atoms with van der Waals surface area (Å²) in [4.78, 5) is 2.32. The van der Waals surface area contributed by atoms with Crippen LogP contribution in [0.15, 0.2) is 18.2 Å². The minimum absolute atomic E-state index is 0.141. The molecule has 1 aromatic rings. The minimum Gasteiger partial charge on any atom is -0.393 e. The molecule has 100 valence electrons. The van der Waals surface area contributed by atoms with Gasteiger partial charge in [0, 0.05) is 35.9 Å². The summed E-state index contributed by atoms with van der Waals surface area (Å²) in [6.07, 6.45) is 1.54. The van der Waals surface area contributed by atoms with Crippen molar-refractivity contribution < 1.29 is 5.11 Å². The van der Waals surface area contributed by atoms with Gasteiger partial charge in [0.05, 0.1) is 6.10 Å². The first-order valence-corrected chi connectivity index (χ1v) is 7.01. The van der Waals surface area contributed by atoms with Crippen LogP contribution in [0.3, 0.4) is 0 Å². The Labute approximate surface area is 114 Å². The van der Waals surface area contributed by atoms with Gasteiger partial charge in [-0.25, -0.2) is 0 Å². The predicted octanol–water partition coefficient (Wildman–Crippen LogP) is 2.41. The van der Waals surface area contributed by atoms with Crippen molar-refractivity contribution in [1.82, 2.24) is 5.32 Å². The predicted molar refractivity (Wildman–Crippen MR) is 76.3 cm³/mol. The molecule has 2 rings (SSSR count). The Balaban J connectivity index is 2.18. The van der Waals surface area contributed by atoms with Crippen molar-refractivity contribution in [2.24, 2.45) is 0 Å². The lowest BCUT2D eigenvalue weighted by Crippen LogP contribution is -2.36. The molecule has 1 aliphatic heterocycles. The first-order chi connectivity index (χ1) is 8.72. The van der Waals surface area contributed by atoms with Gasteiger partial charge in [-0.05, 0) is 31.5 Å². The SMILES string of the molecule is CCNCc1c(Cl)cccc1N1CCC(O)CC1. The summed E-state index contributed by atoms with van der Waals surface area (Å²) in [6, 6.07) is 6.06. The summed E-state index contributed by atoms with van der Waals surface area (Å²) < 4.78 is 0. The molecule has 1 fully saturated rings. The van der Waals surface area contributed by atoms with E-state index in [1.807, 2.05) is 12.1 Å². The topological polar surface area (TPSA) is 35.5 Å². The van der Waals surface area contributed by atoms with Crippen LogP contribution in [0.5, 0.6) is 0 Å². The van der Waals surface area contributed by atoms with E-state index in [4.69, 9.17) is 11.6 Å². The minimum atomic E-state index is -0.141. The second-order valence-corrected chi connectivity index (χ2v) is 5.14. The van der Waals surface area contributed by atoms with Crippen LogP contribution in [0.4, 0.5) is 5.69 Å². The molecule has 0 aromatic heterocycles. The number of nitrogens with zero attached hydrogens (tertiary/aromatic N) is 1. The molecule has 1 aliphatic rings. The van der Waals surface area contributed by atoms with Crippen LogP contribution >= 0.6 is 11.6 Å². The molecule has 0 spiro atoms. The van der Waals surface area contributed by atoms with Gasteiger partial charge in [-0.2, -0.15) is 0 Å². The van der Waals surface area contributed by atoms with Gasteiger partial charge < -0.3 is 15.3 Å². The Morgan fingerprint density at radius 2 is 2.11 bits per heavy atom. The normalized spacial score (nSPS) is 17.2. The molecule has 18 heavy (non-hydrogen) atoms. The second-order valence-electron chi connectivity index (χ2n) is 4.74. The summed E-state index contributed by atoms with van der Waals surface area (Å²) >= 11 is 6.30. The molecular formula is C14H21ClN2O. The summed E-state index contributed by atoms with van der Waals surface area (Å²) in [6.45, 7) is 5.63. The lowest BCUT2D eigenvalue weighted by atomic mass is 10.0. The van der Waals surface area contributed by atoms with Crippen LogP contribution < -0.4 is 10.2 Å². The van der Waals surface area contributed by atoms with Gasteiger partial charge in [-0.15, -0.1) is 0 Å². The molecule has 4 heteroatoms. The summed E-state index contributed by atoms with van der Waals surface area (Å²) in [5.74, 6) is 0. The highest BCUT2D eigenvalue weighted by Gasteiger charge is 2.20. The molecule has 0 saturated carbocycles. The Bertz CT molecular complexity index is 389. The first-order valence-electron chi connectivity index (χ1n) is 6.63. The van der Waals surface area contributed by atoms with Crippen LogP contribution in [0.1, 0.15) is 25.3 Å². The maximum atomic E-state index is 9.57. The van der Waals surface area contributed by atoms with Gasteiger partial charge in [-0.1, -0.05) is 24.6 Å². The van der Waals surface area contributed by atoms with E-state index in [0.717, 1.165) is 49.6 Å². The lowest BCUT2D eigenvalue weighted by Gasteiger charge is -2.33. The van der Waals surface area contributed by atoms with E-state index in [2.05, 4.69) is 23.2 Å². The van der Waals surface area contributed by atoms with Crippen molar-refractivity contribution in [3.8, 4) is 0 Å². The number of benzene rings is 1. The third-order valence-corrected chi connectivity index (χ3v) is 3.81. The zero-order valence-corrected chi connectivity index (χ0v) is 11.6. The van der Waals surface area contributed by atoms with Crippen molar-refractivity contribution >= 4 is 17.3 Å². The molecule has 0 amide bonds. The summed E-state index contributed by atoms with van der Waals surface area (Å²) in [5.41, 5.74) is 2.37. The average molecular weight is 269 g/mol. The highest BCUT2D eigenvalue weighted by molar-refractivity contribution is 6.31. The number of hydrogen-bond acceptors (Lipinski definition) is 3. The molecule has 1 heterocycles. The van der Waals surface area contributed by atoms with E-state index in [0.29, 0.717) is 0 Å². The standard InChI is InChI=1S/C14H21ClN2O/c1-2-16-10-12-13(15)4-3-5-14(12)17-8-6-11(18)7-9-17/h3-5,11,16,18H,2,6-10H2,1H3. The Hall–Kier alpha value is -0.770. The molecule has 1 saturated heterocycles. The number of anilines is 1. The molecule has 1 aromatic carbocycles. The van der Waals surface area contributed by atoms with Gasteiger partial charge >= 0.3 is 0 Å². The van der Waals surface area contributed by atoms with Crippen molar-refractivity contribution in [3.63, 3.8) is 0 Å². The van der Waals surface area contributed by atoms with E-state index < -0.39 is 0 Å². The number of rotatable bonds is 4. The molecule has 0 bridgehead atoms. The number of halogens is 1. The van der Waals surface area contributed by atoms with Crippen molar-refractivity contribution in [2.75, 3.05) is 24.5 Å². The molecule has 0 aliphatic carbocycles. The smallest absolute Gasteiger partial charge is 0.0574 e. The van der Waals surface area contributed by atoms with Crippen LogP contribution in [0.25, 0.3) is 0 Å². The number of piperidine rings is 1. The van der Waals surface area contributed by atoms with Crippen LogP contribution in [-0.4, -0.2) is 30.8 Å². The maximum Gasteiger partial charge on any atom is 0.0574 e. The zero-order chi connectivity index (χ0) is 13.0. The average Bonchev–Trinajstić information content (AvgIpc) is 2.38. The number of aliphatic hydroxyl groups excluding tert-OH is 1. The van der Waals surface area contributed by atoms with E-state index in [-0.39, 0.29) is 6.10 Å². The van der Waals surface area contributed by atoms with E-state index in [1.54, 1.807) is 0 Å². The van der Waals surface area contributed by atoms with Crippen LogP contribution in [-0.2, 0) is 6.54 Å². The monoisotopic (exact) mass is 268 g/mol. The first kappa shape index (κ1) is 13.7. The number of nitrogens with one attached hydrogen (secondary N) is 1. The molecule has 0 atom stereocenters. The van der Waals surface area contributed by atoms with Crippen molar-refractivity contribution in [3.05, 3.63) is 28.8 Å². The fourth-order valence-corrected chi connectivity index (χ4v) is 2.61. The fraction of sp³-hybridized carbons (Fsp3) is 0.571. The van der Waals surface area contributed by atoms with Gasteiger partial charge in [0.1, 0.15) is 0 Å². The van der Waals surface area contributed by atoms with Gasteiger partial charge in [0.15, 0.2) is 0 Å². The Kier molecular flexibility index (Phi) is 4.87. The Morgan fingerprint density at radius 1 is 1.39 bits per heavy atom. The molecule has 2 N–H and O–H groups in total. The summed E-state index contributed by atoms with van der Waals surface area (Å²) in [7, 11) is 0. The van der Waals surface area contributed by atoms with Gasteiger partial charge in [-0.3, -0.25) is 0 Å². The van der Waals surface area contributed by atoms with Crippen molar-refractivity contribution in [2.45, 2.75) is 32.4 Å². The maximum absolute atomic E-state index is 9.57. The van der Waals surface area contributed by atoms with Crippen molar-refractivity contribution in [1.29, 1.82) is 0 Å². The zero-order valence-electron chi connectivity index (χ0n) is 10.8. The molecule has 0 radical (unpaired) electrons. The largest absolute Gasteiger partial charge is 0.393 e. The highest BCUT2D eigenvalue weighted by Crippen LogP contribution is 2.29. The van der Waals surface area contributed by atoms with E-state index in [1.165, 1.54) is 5.69 Å². The quantitative estimate of drug-likeness (QED) is 0.880. The van der Waals surface area contributed by atoms with E-state index in [9.17, 15) is 5.11 Å².